The molecule has 0 unspecified atom stereocenters. The second-order valence-electron chi connectivity index (χ2n) is 5.90. The maximum absolute atomic E-state index is 12.3. The number of esters is 1. The third kappa shape index (κ3) is 4.44. The second kappa shape index (κ2) is 8.78. The molecule has 0 aliphatic carbocycles. The molecule has 0 spiro atoms. The number of hydrogen-bond donors (Lipinski definition) is 1. The van der Waals surface area contributed by atoms with Gasteiger partial charge in [-0.1, -0.05) is 31.2 Å². The number of carbonyl (C=O) groups excluding carboxylic acids is 2. The molecule has 1 aromatic carbocycles. The molecule has 1 N–H and O–H groups in total. The Morgan fingerprint density at radius 2 is 2.00 bits per heavy atom. The Hall–Kier alpha value is -3.02. The highest BCUT2D eigenvalue weighted by Gasteiger charge is 2.22. The fourth-order valence-corrected chi connectivity index (χ4v) is 3.90. The van der Waals surface area contributed by atoms with Crippen molar-refractivity contribution in [2.45, 2.75) is 26.4 Å². The maximum Gasteiger partial charge on any atom is 0.358 e. The zero-order chi connectivity index (χ0) is 20.1. The van der Waals surface area contributed by atoms with Gasteiger partial charge in [-0.25, -0.2) is 9.78 Å². The number of benzene rings is 1. The number of carbonyl (C=O) groups is 2. The summed E-state index contributed by atoms with van der Waals surface area (Å²) in [4.78, 5) is 28.9. The van der Waals surface area contributed by atoms with E-state index in [0.717, 1.165) is 12.0 Å². The average Bonchev–Trinajstić information content (AvgIpc) is 3.37. The Labute approximate surface area is 170 Å². The van der Waals surface area contributed by atoms with E-state index < -0.39 is 18.0 Å². The minimum atomic E-state index is -1.02. The summed E-state index contributed by atoms with van der Waals surface area (Å²) in [5, 5.41) is 16.1. The molecule has 142 valence electrons. The van der Waals surface area contributed by atoms with Crippen molar-refractivity contribution in [3.63, 3.8) is 0 Å². The van der Waals surface area contributed by atoms with E-state index >= 15 is 0 Å². The van der Waals surface area contributed by atoms with E-state index in [1.807, 2.05) is 30.3 Å². The predicted octanol–water partition coefficient (Wildman–Crippen LogP) is 4.49. The number of rotatable bonds is 6. The van der Waals surface area contributed by atoms with Crippen LogP contribution in [-0.2, 0) is 16.0 Å². The van der Waals surface area contributed by atoms with E-state index in [1.54, 1.807) is 16.8 Å². The maximum atomic E-state index is 12.3. The summed E-state index contributed by atoms with van der Waals surface area (Å²) in [5.74, 6) is -1.17. The number of anilines is 1. The average molecular weight is 412 g/mol. The summed E-state index contributed by atoms with van der Waals surface area (Å²) in [7, 11) is 0. The van der Waals surface area contributed by atoms with Crippen molar-refractivity contribution in [1.29, 1.82) is 5.26 Å². The van der Waals surface area contributed by atoms with Gasteiger partial charge in [0.15, 0.2) is 11.8 Å². The molecular formula is C20H17N3O3S2. The topological polar surface area (TPSA) is 92.1 Å². The number of ether oxygens (including phenoxy) is 1. The van der Waals surface area contributed by atoms with Crippen LogP contribution < -0.4 is 5.32 Å². The molecule has 0 saturated heterocycles. The molecule has 6 nitrogen and oxygen atoms in total. The van der Waals surface area contributed by atoms with Gasteiger partial charge in [0.1, 0.15) is 16.1 Å². The molecule has 0 aliphatic rings. The monoisotopic (exact) mass is 411 g/mol. The number of nitrogens with one attached hydrogen (secondary N) is 1. The molecular weight excluding hydrogens is 394 g/mol. The first-order valence-corrected chi connectivity index (χ1v) is 10.3. The standard InChI is InChI=1S/C20H17N3O3S2/c1-3-13-4-6-14(7-5-13)18-22-16(11-28-18)20(25)26-12(2)17(24)23-19-15(10-21)8-9-27-19/h4-9,11-12H,3H2,1-2H3,(H,23,24)/t12-/m0/s1. The Balaban J connectivity index is 1.63. The van der Waals surface area contributed by atoms with Crippen LogP contribution in [0.25, 0.3) is 10.6 Å². The number of aromatic nitrogens is 1. The van der Waals surface area contributed by atoms with Crippen molar-refractivity contribution in [3.8, 4) is 16.6 Å². The highest BCUT2D eigenvalue weighted by atomic mass is 32.1. The minimum Gasteiger partial charge on any atom is -0.448 e. The third-order valence-corrected chi connectivity index (χ3v) is 5.72. The first-order chi connectivity index (χ1) is 13.5. The van der Waals surface area contributed by atoms with Gasteiger partial charge in [0, 0.05) is 10.9 Å². The molecule has 0 radical (unpaired) electrons. The molecule has 0 bridgehead atoms. The van der Waals surface area contributed by atoms with Gasteiger partial charge in [0.05, 0.1) is 5.56 Å². The quantitative estimate of drug-likeness (QED) is 0.603. The molecule has 0 fully saturated rings. The lowest BCUT2D eigenvalue weighted by atomic mass is 10.1. The van der Waals surface area contributed by atoms with Crippen molar-refractivity contribution < 1.29 is 14.3 Å². The van der Waals surface area contributed by atoms with Gasteiger partial charge >= 0.3 is 5.97 Å². The first-order valence-electron chi connectivity index (χ1n) is 8.56. The van der Waals surface area contributed by atoms with Crippen LogP contribution in [0.3, 0.4) is 0 Å². The van der Waals surface area contributed by atoms with E-state index in [1.165, 1.54) is 35.2 Å². The number of hydrogen-bond acceptors (Lipinski definition) is 7. The van der Waals surface area contributed by atoms with Gasteiger partial charge in [-0.3, -0.25) is 4.79 Å². The fourth-order valence-electron chi connectivity index (χ4n) is 2.37. The summed E-state index contributed by atoms with van der Waals surface area (Å²) < 4.78 is 5.22. The second-order valence-corrected chi connectivity index (χ2v) is 7.67. The Morgan fingerprint density at radius 1 is 1.25 bits per heavy atom. The van der Waals surface area contributed by atoms with Crippen LogP contribution in [0.2, 0.25) is 0 Å². The van der Waals surface area contributed by atoms with Gasteiger partial charge in [-0.15, -0.1) is 22.7 Å². The van der Waals surface area contributed by atoms with Crippen molar-refractivity contribution in [2.24, 2.45) is 0 Å². The first kappa shape index (κ1) is 19.7. The van der Waals surface area contributed by atoms with Crippen LogP contribution in [0.1, 0.15) is 35.5 Å². The van der Waals surface area contributed by atoms with Crippen LogP contribution in [0.15, 0.2) is 41.1 Å². The number of thiophene rings is 1. The van der Waals surface area contributed by atoms with E-state index in [2.05, 4.69) is 17.2 Å². The van der Waals surface area contributed by atoms with E-state index in [4.69, 9.17) is 10.00 Å². The molecule has 1 amide bonds. The number of aryl methyl sites for hydroxylation is 1. The van der Waals surface area contributed by atoms with Gasteiger partial charge < -0.3 is 10.1 Å². The normalized spacial score (nSPS) is 11.5. The van der Waals surface area contributed by atoms with Crippen molar-refractivity contribution in [1.82, 2.24) is 4.98 Å². The van der Waals surface area contributed by atoms with Crippen LogP contribution in [-0.4, -0.2) is 23.0 Å². The van der Waals surface area contributed by atoms with Crippen LogP contribution in [0.5, 0.6) is 0 Å². The van der Waals surface area contributed by atoms with Crippen LogP contribution in [0, 0.1) is 11.3 Å². The highest BCUT2D eigenvalue weighted by molar-refractivity contribution is 7.14. The lowest BCUT2D eigenvalue weighted by molar-refractivity contribution is -0.123. The number of amides is 1. The molecule has 3 rings (SSSR count). The van der Waals surface area contributed by atoms with Crippen molar-refractivity contribution in [2.75, 3.05) is 5.32 Å². The third-order valence-electron chi connectivity index (χ3n) is 4.00. The number of thiazole rings is 1. The zero-order valence-electron chi connectivity index (χ0n) is 15.3. The summed E-state index contributed by atoms with van der Waals surface area (Å²) in [5.41, 5.74) is 2.68. The summed E-state index contributed by atoms with van der Waals surface area (Å²) >= 11 is 2.57. The molecule has 0 saturated carbocycles. The molecule has 8 heteroatoms. The molecule has 3 aromatic rings. The molecule has 2 heterocycles. The SMILES string of the molecule is CCc1ccc(-c2nc(C(=O)O[C@@H](C)C(=O)Nc3sccc3C#N)cs2)cc1. The van der Waals surface area contributed by atoms with Crippen LogP contribution in [0.4, 0.5) is 5.00 Å². The largest absolute Gasteiger partial charge is 0.448 e. The molecule has 2 aromatic heterocycles. The molecule has 1 atom stereocenters. The van der Waals surface area contributed by atoms with Gasteiger partial charge in [-0.05, 0) is 30.4 Å². The molecule has 0 aliphatic heterocycles. The van der Waals surface area contributed by atoms with Crippen molar-refractivity contribution in [3.05, 3.63) is 57.9 Å². The highest BCUT2D eigenvalue weighted by Crippen LogP contribution is 2.25. The lowest BCUT2D eigenvalue weighted by Gasteiger charge is -2.12. The van der Waals surface area contributed by atoms with Gasteiger partial charge in [0.25, 0.3) is 5.91 Å². The van der Waals surface area contributed by atoms with Gasteiger partial charge in [-0.2, -0.15) is 5.26 Å². The minimum absolute atomic E-state index is 0.160. The smallest absolute Gasteiger partial charge is 0.358 e. The summed E-state index contributed by atoms with van der Waals surface area (Å²) in [6.45, 7) is 3.56. The zero-order valence-corrected chi connectivity index (χ0v) is 16.9. The van der Waals surface area contributed by atoms with E-state index in [9.17, 15) is 9.59 Å². The van der Waals surface area contributed by atoms with E-state index in [-0.39, 0.29) is 5.69 Å². The Bertz CT molecular complexity index is 1030. The Kier molecular flexibility index (Phi) is 6.19. The predicted molar refractivity (Wildman–Crippen MR) is 109 cm³/mol. The number of nitrogens with zero attached hydrogens (tertiary/aromatic N) is 2. The van der Waals surface area contributed by atoms with Gasteiger partial charge in [0.2, 0.25) is 0 Å². The van der Waals surface area contributed by atoms with Crippen LogP contribution >= 0.6 is 22.7 Å². The Morgan fingerprint density at radius 3 is 2.68 bits per heavy atom. The molecule has 28 heavy (non-hydrogen) atoms. The van der Waals surface area contributed by atoms with E-state index in [0.29, 0.717) is 15.6 Å². The summed E-state index contributed by atoms with van der Waals surface area (Å²) in [6, 6.07) is 11.6. The summed E-state index contributed by atoms with van der Waals surface area (Å²) in [6.07, 6.45) is -0.0630. The fraction of sp³-hybridized carbons (Fsp3) is 0.200. The number of nitriles is 1. The lowest BCUT2D eigenvalue weighted by Crippen LogP contribution is -2.30. The van der Waals surface area contributed by atoms with Crippen molar-refractivity contribution >= 4 is 39.6 Å².